The van der Waals surface area contributed by atoms with Crippen LogP contribution in [0.2, 0.25) is 5.02 Å². The zero-order valence-corrected chi connectivity index (χ0v) is 17.4. The first-order valence-corrected chi connectivity index (χ1v) is 9.71. The molecular weight excluding hydrogens is 402 g/mol. The number of nitrogens with one attached hydrogen (secondary N) is 3. The van der Waals surface area contributed by atoms with E-state index < -0.39 is 6.04 Å². The Morgan fingerprint density at radius 1 is 0.867 bits per heavy atom. The average Bonchev–Trinajstić information content (AvgIpc) is 2.74. The molecule has 0 heterocycles. The van der Waals surface area contributed by atoms with E-state index >= 15 is 0 Å². The van der Waals surface area contributed by atoms with Gasteiger partial charge < -0.3 is 20.7 Å². The molecule has 2 amide bonds. The van der Waals surface area contributed by atoms with Gasteiger partial charge in [0.25, 0.3) is 5.91 Å². The van der Waals surface area contributed by atoms with E-state index in [2.05, 4.69) is 16.0 Å². The van der Waals surface area contributed by atoms with Crippen molar-refractivity contribution in [3.63, 3.8) is 0 Å². The number of ether oxygens (including phenoxy) is 1. The Kier molecular flexibility index (Phi) is 6.93. The number of carbonyl (C=O) groups is 2. The fraction of sp³-hybridized carbons (Fsp3) is 0.130. The van der Waals surface area contributed by atoms with Crippen LogP contribution in [0.25, 0.3) is 0 Å². The summed E-state index contributed by atoms with van der Waals surface area (Å²) in [6, 6.07) is 20.5. The molecule has 0 saturated heterocycles. The Labute approximate surface area is 180 Å². The third kappa shape index (κ3) is 5.75. The lowest BCUT2D eigenvalue weighted by Gasteiger charge is -2.16. The standard InChI is InChI=1S/C23H22ClN3O3/c1-15(22(28)27-20-5-3-4-17(24)14-20)25-18-8-6-16(7-9-18)23(29)26-19-10-12-21(30-2)13-11-19/h3-15,25H,1-2H3,(H,26,29)(H,27,28)/t15-/m1/s1. The number of methoxy groups -OCH3 is 1. The topological polar surface area (TPSA) is 79.5 Å². The summed E-state index contributed by atoms with van der Waals surface area (Å²) in [5.74, 6) is 0.300. The van der Waals surface area contributed by atoms with Gasteiger partial charge in [-0.15, -0.1) is 0 Å². The van der Waals surface area contributed by atoms with Gasteiger partial charge in [-0.2, -0.15) is 0 Å². The van der Waals surface area contributed by atoms with Crippen LogP contribution in [0.5, 0.6) is 5.75 Å². The van der Waals surface area contributed by atoms with Gasteiger partial charge in [-0.05, 0) is 73.7 Å². The van der Waals surface area contributed by atoms with Gasteiger partial charge in [-0.3, -0.25) is 9.59 Å². The molecule has 0 radical (unpaired) electrons. The van der Waals surface area contributed by atoms with Crippen LogP contribution in [0.15, 0.2) is 72.8 Å². The maximum atomic E-state index is 12.4. The highest BCUT2D eigenvalue weighted by Crippen LogP contribution is 2.18. The summed E-state index contributed by atoms with van der Waals surface area (Å²) in [7, 11) is 1.59. The zero-order valence-electron chi connectivity index (χ0n) is 16.6. The molecular formula is C23H22ClN3O3. The minimum absolute atomic E-state index is 0.196. The van der Waals surface area contributed by atoms with E-state index in [-0.39, 0.29) is 11.8 Å². The lowest BCUT2D eigenvalue weighted by molar-refractivity contribution is -0.116. The molecule has 154 valence electrons. The Bertz CT molecular complexity index is 1020. The van der Waals surface area contributed by atoms with Gasteiger partial charge in [0.15, 0.2) is 0 Å². The van der Waals surface area contributed by atoms with Crippen molar-refractivity contribution < 1.29 is 14.3 Å². The van der Waals surface area contributed by atoms with Crippen LogP contribution in [0, 0.1) is 0 Å². The molecule has 0 fully saturated rings. The molecule has 0 unspecified atom stereocenters. The Balaban J connectivity index is 1.56. The maximum Gasteiger partial charge on any atom is 0.255 e. The molecule has 7 heteroatoms. The molecule has 6 nitrogen and oxygen atoms in total. The van der Waals surface area contributed by atoms with E-state index in [4.69, 9.17) is 16.3 Å². The number of hydrogen-bond acceptors (Lipinski definition) is 4. The number of anilines is 3. The first kappa shape index (κ1) is 21.2. The minimum atomic E-state index is -0.483. The van der Waals surface area contributed by atoms with Crippen molar-refractivity contribution >= 4 is 40.5 Å². The predicted octanol–water partition coefficient (Wildman–Crippen LogP) is 5.04. The second kappa shape index (κ2) is 9.80. The highest BCUT2D eigenvalue weighted by molar-refractivity contribution is 6.30. The molecule has 0 aliphatic carbocycles. The van der Waals surface area contributed by atoms with Gasteiger partial charge >= 0.3 is 0 Å². The number of carbonyl (C=O) groups excluding carboxylic acids is 2. The van der Waals surface area contributed by atoms with Gasteiger partial charge in [-0.25, -0.2) is 0 Å². The van der Waals surface area contributed by atoms with Crippen LogP contribution in [0.4, 0.5) is 17.1 Å². The van der Waals surface area contributed by atoms with E-state index in [1.807, 2.05) is 0 Å². The molecule has 0 aromatic heterocycles. The molecule has 1 atom stereocenters. The predicted molar refractivity (Wildman–Crippen MR) is 121 cm³/mol. The van der Waals surface area contributed by atoms with Crippen LogP contribution in [-0.4, -0.2) is 25.0 Å². The van der Waals surface area contributed by atoms with E-state index in [0.29, 0.717) is 22.0 Å². The lowest BCUT2D eigenvalue weighted by Crippen LogP contribution is -2.31. The van der Waals surface area contributed by atoms with Crippen LogP contribution < -0.4 is 20.7 Å². The molecule has 0 aliphatic heterocycles. The summed E-state index contributed by atoms with van der Waals surface area (Å²) in [4.78, 5) is 24.8. The first-order chi connectivity index (χ1) is 14.4. The molecule has 0 spiro atoms. The largest absolute Gasteiger partial charge is 0.497 e. The monoisotopic (exact) mass is 423 g/mol. The van der Waals surface area contributed by atoms with E-state index in [1.165, 1.54) is 0 Å². The van der Waals surface area contributed by atoms with Crippen molar-refractivity contribution in [3.8, 4) is 5.75 Å². The minimum Gasteiger partial charge on any atom is -0.497 e. The van der Waals surface area contributed by atoms with Crippen molar-refractivity contribution in [1.82, 2.24) is 0 Å². The molecule has 0 bridgehead atoms. The van der Waals surface area contributed by atoms with Gasteiger partial charge in [0, 0.05) is 27.6 Å². The highest BCUT2D eigenvalue weighted by Gasteiger charge is 2.13. The van der Waals surface area contributed by atoms with Crippen molar-refractivity contribution in [1.29, 1.82) is 0 Å². The van der Waals surface area contributed by atoms with Gasteiger partial charge in [-0.1, -0.05) is 17.7 Å². The summed E-state index contributed by atoms with van der Waals surface area (Å²) >= 11 is 5.94. The van der Waals surface area contributed by atoms with Crippen molar-refractivity contribution in [2.24, 2.45) is 0 Å². The van der Waals surface area contributed by atoms with Crippen LogP contribution in [0.1, 0.15) is 17.3 Å². The third-order valence-electron chi connectivity index (χ3n) is 4.36. The van der Waals surface area contributed by atoms with Crippen LogP contribution >= 0.6 is 11.6 Å². The van der Waals surface area contributed by atoms with Crippen molar-refractivity contribution in [2.45, 2.75) is 13.0 Å². The normalized spacial score (nSPS) is 11.3. The second-order valence-corrected chi connectivity index (χ2v) is 7.06. The second-order valence-electron chi connectivity index (χ2n) is 6.63. The lowest BCUT2D eigenvalue weighted by atomic mass is 10.1. The summed E-state index contributed by atoms with van der Waals surface area (Å²) < 4.78 is 5.10. The molecule has 0 saturated carbocycles. The van der Waals surface area contributed by atoms with Gasteiger partial charge in [0.1, 0.15) is 11.8 Å². The molecule has 3 aromatic carbocycles. The number of halogens is 1. The summed E-state index contributed by atoms with van der Waals surface area (Å²) in [5, 5.41) is 9.31. The highest BCUT2D eigenvalue weighted by atomic mass is 35.5. The van der Waals surface area contributed by atoms with Crippen molar-refractivity contribution in [2.75, 3.05) is 23.1 Å². The van der Waals surface area contributed by atoms with Crippen LogP contribution in [-0.2, 0) is 4.79 Å². The Morgan fingerprint density at radius 3 is 2.17 bits per heavy atom. The van der Waals surface area contributed by atoms with Crippen LogP contribution in [0.3, 0.4) is 0 Å². The Morgan fingerprint density at radius 2 is 1.53 bits per heavy atom. The number of amides is 2. The molecule has 3 aromatic rings. The number of hydrogen-bond donors (Lipinski definition) is 3. The fourth-order valence-corrected chi connectivity index (χ4v) is 2.92. The number of benzene rings is 3. The zero-order chi connectivity index (χ0) is 21.5. The summed E-state index contributed by atoms with van der Waals surface area (Å²) in [6.45, 7) is 1.75. The van der Waals surface area contributed by atoms with E-state index in [0.717, 1.165) is 11.4 Å². The molecule has 3 N–H and O–H groups in total. The molecule has 30 heavy (non-hydrogen) atoms. The maximum absolute atomic E-state index is 12.4. The average molecular weight is 424 g/mol. The molecule has 3 rings (SSSR count). The SMILES string of the molecule is COc1ccc(NC(=O)c2ccc(N[C@H](C)C(=O)Nc3cccc(Cl)c3)cc2)cc1. The third-order valence-corrected chi connectivity index (χ3v) is 4.60. The van der Waals surface area contributed by atoms with E-state index in [1.54, 1.807) is 86.8 Å². The van der Waals surface area contributed by atoms with Gasteiger partial charge in [0.05, 0.1) is 7.11 Å². The van der Waals surface area contributed by atoms with Crippen molar-refractivity contribution in [3.05, 3.63) is 83.4 Å². The molecule has 0 aliphatic rings. The first-order valence-electron chi connectivity index (χ1n) is 9.33. The Hall–Kier alpha value is -3.51. The summed E-state index contributed by atoms with van der Waals surface area (Å²) in [5.41, 5.74) is 2.54. The smallest absolute Gasteiger partial charge is 0.255 e. The fourth-order valence-electron chi connectivity index (χ4n) is 2.73. The van der Waals surface area contributed by atoms with E-state index in [9.17, 15) is 9.59 Å². The number of rotatable bonds is 7. The summed E-state index contributed by atoms with van der Waals surface area (Å²) in [6.07, 6.45) is 0. The van der Waals surface area contributed by atoms with Gasteiger partial charge in [0.2, 0.25) is 5.91 Å². The quantitative estimate of drug-likeness (QED) is 0.497.